The lowest BCUT2D eigenvalue weighted by atomic mass is 10.0. The minimum atomic E-state index is 0.870. The molecule has 2 aromatic carbocycles. The van der Waals surface area contributed by atoms with E-state index in [1.165, 1.54) is 11.1 Å². The summed E-state index contributed by atoms with van der Waals surface area (Å²) in [6.45, 7) is 0. The molecule has 0 aliphatic carbocycles. The van der Waals surface area contributed by atoms with Crippen LogP contribution in [0.3, 0.4) is 0 Å². The average molecular weight is 354 g/mol. The van der Waals surface area contributed by atoms with Gasteiger partial charge in [0.15, 0.2) is 0 Å². The van der Waals surface area contributed by atoms with E-state index in [-0.39, 0.29) is 0 Å². The summed E-state index contributed by atoms with van der Waals surface area (Å²) in [6.07, 6.45) is 11.2. The Labute approximate surface area is 156 Å². The molecule has 27 heavy (non-hydrogen) atoms. The van der Waals surface area contributed by atoms with Gasteiger partial charge >= 0.3 is 0 Å². The second-order valence-electron chi connectivity index (χ2n) is 6.04. The highest BCUT2D eigenvalue weighted by molar-refractivity contribution is 5.79. The van der Waals surface area contributed by atoms with Gasteiger partial charge in [-0.15, -0.1) is 0 Å². The molecule has 4 aromatic rings. The first-order chi connectivity index (χ1) is 13.3. The first-order valence-electron chi connectivity index (χ1n) is 8.58. The lowest BCUT2D eigenvalue weighted by Crippen LogP contribution is -1.87. The number of hydrogen-bond acceptors (Lipinski definition) is 4. The van der Waals surface area contributed by atoms with Crippen LogP contribution in [-0.4, -0.2) is 32.4 Å². The number of rotatable bonds is 6. The number of hydrogen-bond donors (Lipinski definition) is 2. The van der Waals surface area contributed by atoms with E-state index in [0.29, 0.717) is 0 Å². The molecular formula is C21H18N6. The molecule has 0 aliphatic rings. The Morgan fingerprint density at radius 3 is 1.48 bits per heavy atom. The van der Waals surface area contributed by atoms with E-state index >= 15 is 0 Å². The molecule has 0 spiro atoms. The van der Waals surface area contributed by atoms with E-state index < -0.39 is 0 Å². The number of aromatic nitrogens is 4. The summed E-state index contributed by atoms with van der Waals surface area (Å²) in [7, 11) is 0. The van der Waals surface area contributed by atoms with Crippen molar-refractivity contribution in [2.24, 2.45) is 9.98 Å². The molecule has 0 saturated carbocycles. The highest BCUT2D eigenvalue weighted by atomic mass is 14.9. The zero-order valence-electron chi connectivity index (χ0n) is 14.6. The largest absolute Gasteiger partial charge is 0.344 e. The Morgan fingerprint density at radius 1 is 0.667 bits per heavy atom. The molecule has 0 aliphatic heterocycles. The number of nitrogens with one attached hydrogen (secondary N) is 2. The number of nitrogens with zero attached hydrogens (tertiary/aromatic N) is 4. The molecule has 0 unspecified atom stereocenters. The molecule has 2 heterocycles. The summed E-state index contributed by atoms with van der Waals surface area (Å²) in [5.41, 5.74) is 6.07. The van der Waals surface area contributed by atoms with Gasteiger partial charge < -0.3 is 9.97 Å². The fourth-order valence-electron chi connectivity index (χ4n) is 2.60. The van der Waals surface area contributed by atoms with Crippen molar-refractivity contribution in [1.29, 1.82) is 0 Å². The molecule has 0 bridgehead atoms. The summed E-state index contributed by atoms with van der Waals surface area (Å²) in [5, 5.41) is 0. The van der Waals surface area contributed by atoms with Crippen molar-refractivity contribution >= 4 is 23.8 Å². The smallest absolute Gasteiger partial charge is 0.0924 e. The lowest BCUT2D eigenvalue weighted by Gasteiger charge is -2.03. The molecule has 2 N–H and O–H groups in total. The maximum absolute atomic E-state index is 4.43. The zero-order valence-corrected chi connectivity index (χ0v) is 14.6. The van der Waals surface area contributed by atoms with Gasteiger partial charge in [0.05, 0.1) is 60.2 Å². The minimum absolute atomic E-state index is 0.870. The Bertz CT molecular complexity index is 926. The van der Waals surface area contributed by atoms with Gasteiger partial charge in [-0.25, -0.2) is 9.97 Å². The zero-order chi connectivity index (χ0) is 18.3. The van der Waals surface area contributed by atoms with E-state index in [0.717, 1.165) is 29.2 Å². The minimum Gasteiger partial charge on any atom is -0.344 e. The third kappa shape index (κ3) is 4.64. The van der Waals surface area contributed by atoms with Crippen molar-refractivity contribution in [2.45, 2.75) is 6.42 Å². The van der Waals surface area contributed by atoms with E-state index in [9.17, 15) is 0 Å². The summed E-state index contributed by atoms with van der Waals surface area (Å²) < 4.78 is 0. The van der Waals surface area contributed by atoms with Crippen LogP contribution < -0.4 is 0 Å². The van der Waals surface area contributed by atoms with E-state index in [2.05, 4.69) is 54.2 Å². The van der Waals surface area contributed by atoms with Gasteiger partial charge in [-0.1, -0.05) is 24.3 Å². The Balaban J connectivity index is 1.37. The first-order valence-corrected chi connectivity index (χ1v) is 8.58. The van der Waals surface area contributed by atoms with E-state index in [1.807, 2.05) is 24.3 Å². The van der Waals surface area contributed by atoms with Crippen molar-refractivity contribution in [3.05, 3.63) is 96.1 Å². The van der Waals surface area contributed by atoms with Crippen LogP contribution >= 0.6 is 0 Å². The predicted octanol–water partition coefficient (Wildman–Crippen LogP) is 4.22. The fourth-order valence-corrected chi connectivity index (χ4v) is 2.60. The molecule has 6 nitrogen and oxygen atoms in total. The molecule has 0 radical (unpaired) electrons. The van der Waals surface area contributed by atoms with Gasteiger partial charge in [0.2, 0.25) is 0 Å². The number of aromatic amines is 2. The molecule has 0 amide bonds. The second-order valence-corrected chi connectivity index (χ2v) is 6.04. The maximum Gasteiger partial charge on any atom is 0.0924 e. The molecule has 0 atom stereocenters. The summed E-state index contributed by atoms with van der Waals surface area (Å²) in [6, 6.07) is 16.5. The normalized spacial score (nSPS) is 11.6. The molecule has 4 rings (SSSR count). The van der Waals surface area contributed by atoms with Gasteiger partial charge in [-0.3, -0.25) is 9.98 Å². The number of aliphatic imine (C=N–C) groups is 2. The Morgan fingerprint density at radius 2 is 1.11 bits per heavy atom. The number of H-pyrrole nitrogens is 2. The topological polar surface area (TPSA) is 82.1 Å². The molecule has 2 aromatic heterocycles. The molecule has 0 fully saturated rings. The highest BCUT2D eigenvalue weighted by Gasteiger charge is 1.98. The summed E-state index contributed by atoms with van der Waals surface area (Å²) in [4.78, 5) is 22.8. The lowest BCUT2D eigenvalue weighted by molar-refractivity contribution is 1.19. The molecule has 0 saturated heterocycles. The fraction of sp³-hybridized carbons (Fsp3) is 0.0476. The monoisotopic (exact) mass is 354 g/mol. The number of benzene rings is 2. The van der Waals surface area contributed by atoms with Gasteiger partial charge in [0.1, 0.15) is 0 Å². The first kappa shape index (κ1) is 16.7. The van der Waals surface area contributed by atoms with Crippen LogP contribution in [0.15, 0.2) is 83.6 Å². The van der Waals surface area contributed by atoms with Crippen molar-refractivity contribution < 1.29 is 0 Å². The van der Waals surface area contributed by atoms with Crippen LogP contribution in [0.5, 0.6) is 0 Å². The second kappa shape index (κ2) is 8.05. The van der Waals surface area contributed by atoms with Crippen LogP contribution in [0.2, 0.25) is 0 Å². The molecule has 6 heteroatoms. The van der Waals surface area contributed by atoms with Crippen molar-refractivity contribution in [2.75, 3.05) is 0 Å². The average Bonchev–Trinajstić information content (AvgIpc) is 3.41. The van der Waals surface area contributed by atoms with Gasteiger partial charge in [0.25, 0.3) is 0 Å². The third-order valence-electron chi connectivity index (χ3n) is 4.03. The van der Waals surface area contributed by atoms with Gasteiger partial charge in [-0.05, 0) is 41.8 Å². The van der Waals surface area contributed by atoms with Crippen LogP contribution in [0, 0.1) is 0 Å². The maximum atomic E-state index is 4.43. The Hall–Kier alpha value is -3.80. The number of imidazole rings is 2. The van der Waals surface area contributed by atoms with Crippen LogP contribution in [0.25, 0.3) is 0 Å². The summed E-state index contributed by atoms with van der Waals surface area (Å²) in [5.74, 6) is 0. The van der Waals surface area contributed by atoms with E-state index in [1.54, 1.807) is 37.5 Å². The van der Waals surface area contributed by atoms with Crippen LogP contribution in [0.4, 0.5) is 11.4 Å². The van der Waals surface area contributed by atoms with Gasteiger partial charge in [-0.2, -0.15) is 0 Å². The SMILES string of the molecule is C(=Nc1ccc(Cc2ccc(N=Cc3cnc[nH]3)cc2)cc1)c1cnc[nH]1. The van der Waals surface area contributed by atoms with Crippen molar-refractivity contribution in [3.8, 4) is 0 Å². The molecule has 132 valence electrons. The predicted molar refractivity (Wildman–Crippen MR) is 107 cm³/mol. The Kier molecular flexibility index (Phi) is 4.97. The summed E-state index contributed by atoms with van der Waals surface area (Å²) >= 11 is 0. The van der Waals surface area contributed by atoms with Crippen molar-refractivity contribution in [1.82, 2.24) is 19.9 Å². The molecular weight excluding hydrogens is 336 g/mol. The quantitative estimate of drug-likeness (QED) is 0.508. The van der Waals surface area contributed by atoms with Crippen LogP contribution in [-0.2, 0) is 6.42 Å². The van der Waals surface area contributed by atoms with Crippen molar-refractivity contribution in [3.63, 3.8) is 0 Å². The standard InChI is InChI=1S/C21H18N6/c1-5-18(24-12-20-10-22-14-26-20)6-2-16(1)9-17-3-7-19(8-4-17)25-13-21-11-23-15-27-21/h1-8,10-15H,9H2,(H,22,26)(H,23,27). The van der Waals surface area contributed by atoms with E-state index in [4.69, 9.17) is 0 Å². The highest BCUT2D eigenvalue weighted by Crippen LogP contribution is 2.18. The van der Waals surface area contributed by atoms with Gasteiger partial charge in [0, 0.05) is 0 Å². The third-order valence-corrected chi connectivity index (χ3v) is 4.03. The van der Waals surface area contributed by atoms with Crippen LogP contribution in [0.1, 0.15) is 22.5 Å².